The molecule has 0 spiro atoms. The van der Waals surface area contributed by atoms with E-state index in [-0.39, 0.29) is 5.75 Å². The van der Waals surface area contributed by atoms with Crippen molar-refractivity contribution in [1.82, 2.24) is 0 Å². The molecule has 18 heavy (non-hydrogen) atoms. The molecule has 2 N–H and O–H groups in total. The molecule has 0 aromatic heterocycles. The summed E-state index contributed by atoms with van der Waals surface area (Å²) in [6.45, 7) is 2.21. The number of unbranched alkanes of at least 4 members (excludes halogenated alkanes) is 1. The number of phenolic OH excluding ortho intramolecular Hbond substituents is 1. The molecule has 2 aromatic rings. The summed E-state index contributed by atoms with van der Waals surface area (Å²) in [6.07, 6.45) is 3.62. The Morgan fingerprint density at radius 3 is 2.00 bits per heavy atom. The van der Waals surface area contributed by atoms with Crippen LogP contribution in [0.4, 0.5) is 11.4 Å². The lowest BCUT2D eigenvalue weighted by molar-refractivity contribution is 0.475. The molecule has 0 atom stereocenters. The van der Waals surface area contributed by atoms with Gasteiger partial charge in [-0.25, -0.2) is 0 Å². The van der Waals surface area contributed by atoms with E-state index in [1.54, 1.807) is 12.1 Å². The first kappa shape index (κ1) is 12.5. The van der Waals surface area contributed by atoms with Crippen LogP contribution in [-0.4, -0.2) is 5.11 Å². The van der Waals surface area contributed by atoms with Crippen LogP contribution in [0.3, 0.4) is 0 Å². The molecule has 94 valence electrons. The molecule has 2 heteroatoms. The van der Waals surface area contributed by atoms with Crippen molar-refractivity contribution in [2.75, 3.05) is 5.32 Å². The summed E-state index contributed by atoms with van der Waals surface area (Å²) < 4.78 is 0. The second kappa shape index (κ2) is 6.10. The minimum atomic E-state index is 0.287. The van der Waals surface area contributed by atoms with E-state index >= 15 is 0 Å². The third kappa shape index (κ3) is 3.52. The van der Waals surface area contributed by atoms with Crippen LogP contribution in [0.5, 0.6) is 5.75 Å². The largest absolute Gasteiger partial charge is 0.508 e. The lowest BCUT2D eigenvalue weighted by Crippen LogP contribution is -1.90. The van der Waals surface area contributed by atoms with Crippen molar-refractivity contribution in [1.29, 1.82) is 0 Å². The Balaban J connectivity index is 1.99. The van der Waals surface area contributed by atoms with Gasteiger partial charge in [0.2, 0.25) is 0 Å². The standard InChI is InChI=1S/C16H19NO/c1-2-3-4-13-5-7-14(8-6-13)17-15-9-11-16(18)12-10-15/h5-12,17-18H,2-4H2,1H3. The first-order valence-corrected chi connectivity index (χ1v) is 6.43. The lowest BCUT2D eigenvalue weighted by atomic mass is 10.1. The SMILES string of the molecule is CCCCc1ccc(Nc2ccc(O)cc2)cc1. The predicted octanol–water partition coefficient (Wildman–Crippen LogP) is 4.48. The van der Waals surface area contributed by atoms with Crippen molar-refractivity contribution in [3.63, 3.8) is 0 Å². The zero-order valence-corrected chi connectivity index (χ0v) is 10.7. The molecular weight excluding hydrogens is 222 g/mol. The van der Waals surface area contributed by atoms with Gasteiger partial charge in [0.05, 0.1) is 0 Å². The van der Waals surface area contributed by atoms with Gasteiger partial charge in [-0.3, -0.25) is 0 Å². The monoisotopic (exact) mass is 241 g/mol. The van der Waals surface area contributed by atoms with Crippen molar-refractivity contribution in [2.24, 2.45) is 0 Å². The van der Waals surface area contributed by atoms with Gasteiger partial charge >= 0.3 is 0 Å². The van der Waals surface area contributed by atoms with E-state index in [4.69, 9.17) is 0 Å². The molecule has 0 radical (unpaired) electrons. The highest BCUT2D eigenvalue weighted by molar-refractivity contribution is 5.60. The Morgan fingerprint density at radius 1 is 0.889 bits per heavy atom. The van der Waals surface area contributed by atoms with Crippen LogP contribution in [0.2, 0.25) is 0 Å². The second-order valence-corrected chi connectivity index (χ2v) is 4.47. The Morgan fingerprint density at radius 2 is 1.44 bits per heavy atom. The zero-order valence-electron chi connectivity index (χ0n) is 10.7. The zero-order chi connectivity index (χ0) is 12.8. The lowest BCUT2D eigenvalue weighted by Gasteiger charge is -2.07. The van der Waals surface area contributed by atoms with Gasteiger partial charge < -0.3 is 10.4 Å². The molecular formula is C16H19NO. The Kier molecular flexibility index (Phi) is 4.24. The fourth-order valence-electron chi connectivity index (χ4n) is 1.85. The van der Waals surface area contributed by atoms with E-state index in [1.807, 2.05) is 12.1 Å². The third-order valence-electron chi connectivity index (χ3n) is 2.93. The van der Waals surface area contributed by atoms with Gasteiger partial charge in [-0.05, 0) is 54.8 Å². The van der Waals surface area contributed by atoms with Gasteiger partial charge in [0.25, 0.3) is 0 Å². The normalized spacial score (nSPS) is 10.3. The van der Waals surface area contributed by atoms with Gasteiger partial charge in [0.15, 0.2) is 0 Å². The summed E-state index contributed by atoms with van der Waals surface area (Å²) in [7, 11) is 0. The number of hydrogen-bond donors (Lipinski definition) is 2. The number of aromatic hydroxyl groups is 1. The molecule has 2 rings (SSSR count). The summed E-state index contributed by atoms with van der Waals surface area (Å²) in [4.78, 5) is 0. The minimum Gasteiger partial charge on any atom is -0.508 e. The first-order valence-electron chi connectivity index (χ1n) is 6.43. The fourth-order valence-corrected chi connectivity index (χ4v) is 1.85. The van der Waals surface area contributed by atoms with Gasteiger partial charge in [-0.15, -0.1) is 0 Å². The maximum Gasteiger partial charge on any atom is 0.115 e. The molecule has 0 saturated carbocycles. The van der Waals surface area contributed by atoms with Crippen molar-refractivity contribution < 1.29 is 5.11 Å². The quantitative estimate of drug-likeness (QED) is 0.756. The van der Waals surface area contributed by atoms with Crippen LogP contribution in [0, 0.1) is 0 Å². The summed E-state index contributed by atoms with van der Waals surface area (Å²) in [6, 6.07) is 15.6. The fraction of sp³-hybridized carbons (Fsp3) is 0.250. The molecule has 0 saturated heterocycles. The van der Waals surface area contributed by atoms with E-state index in [9.17, 15) is 5.11 Å². The Hall–Kier alpha value is -1.96. The molecule has 0 aliphatic heterocycles. The molecule has 0 heterocycles. The molecule has 0 amide bonds. The molecule has 0 fully saturated rings. The van der Waals surface area contributed by atoms with E-state index in [0.717, 1.165) is 17.8 Å². The average Bonchev–Trinajstić information content (AvgIpc) is 2.41. The predicted molar refractivity (Wildman–Crippen MR) is 76.4 cm³/mol. The third-order valence-corrected chi connectivity index (χ3v) is 2.93. The highest BCUT2D eigenvalue weighted by Crippen LogP contribution is 2.20. The van der Waals surface area contributed by atoms with Crippen LogP contribution in [-0.2, 0) is 6.42 Å². The highest BCUT2D eigenvalue weighted by Gasteiger charge is 1.96. The molecule has 0 aliphatic carbocycles. The van der Waals surface area contributed by atoms with Gasteiger partial charge in [0.1, 0.15) is 5.75 Å². The number of nitrogens with one attached hydrogen (secondary N) is 1. The summed E-state index contributed by atoms with van der Waals surface area (Å²) in [5.41, 5.74) is 3.43. The Bertz CT molecular complexity index is 473. The van der Waals surface area contributed by atoms with Crippen molar-refractivity contribution in [3.8, 4) is 5.75 Å². The number of benzene rings is 2. The number of anilines is 2. The molecule has 2 nitrogen and oxygen atoms in total. The number of hydrogen-bond acceptors (Lipinski definition) is 2. The van der Waals surface area contributed by atoms with Crippen LogP contribution >= 0.6 is 0 Å². The maximum atomic E-state index is 9.21. The molecule has 0 aliphatic rings. The second-order valence-electron chi connectivity index (χ2n) is 4.47. The van der Waals surface area contributed by atoms with E-state index in [1.165, 1.54) is 18.4 Å². The van der Waals surface area contributed by atoms with Crippen molar-refractivity contribution in [3.05, 3.63) is 54.1 Å². The van der Waals surface area contributed by atoms with Crippen LogP contribution < -0.4 is 5.32 Å². The molecule has 2 aromatic carbocycles. The van der Waals surface area contributed by atoms with Gasteiger partial charge in [-0.2, -0.15) is 0 Å². The first-order chi connectivity index (χ1) is 8.78. The van der Waals surface area contributed by atoms with Gasteiger partial charge in [-0.1, -0.05) is 25.5 Å². The Labute approximate surface area is 108 Å². The number of aryl methyl sites for hydroxylation is 1. The average molecular weight is 241 g/mol. The molecule has 0 bridgehead atoms. The van der Waals surface area contributed by atoms with E-state index in [0.29, 0.717) is 0 Å². The van der Waals surface area contributed by atoms with Crippen molar-refractivity contribution in [2.45, 2.75) is 26.2 Å². The van der Waals surface area contributed by atoms with E-state index in [2.05, 4.69) is 36.5 Å². The van der Waals surface area contributed by atoms with Crippen LogP contribution in [0.15, 0.2) is 48.5 Å². The summed E-state index contributed by atoms with van der Waals surface area (Å²) >= 11 is 0. The van der Waals surface area contributed by atoms with Crippen molar-refractivity contribution >= 4 is 11.4 Å². The summed E-state index contributed by atoms with van der Waals surface area (Å²) in [5.74, 6) is 0.287. The maximum absolute atomic E-state index is 9.21. The number of rotatable bonds is 5. The topological polar surface area (TPSA) is 32.3 Å². The van der Waals surface area contributed by atoms with Crippen LogP contribution in [0.25, 0.3) is 0 Å². The number of phenols is 1. The van der Waals surface area contributed by atoms with E-state index < -0.39 is 0 Å². The smallest absolute Gasteiger partial charge is 0.115 e. The highest BCUT2D eigenvalue weighted by atomic mass is 16.3. The molecule has 0 unspecified atom stereocenters. The van der Waals surface area contributed by atoms with Gasteiger partial charge in [0, 0.05) is 11.4 Å². The minimum absolute atomic E-state index is 0.287. The van der Waals surface area contributed by atoms with Crippen LogP contribution in [0.1, 0.15) is 25.3 Å². The summed E-state index contributed by atoms with van der Waals surface area (Å²) in [5, 5.41) is 12.5.